The number of carbonyl (C=O) groups excluding carboxylic acids is 1. The first kappa shape index (κ1) is 20.5. The lowest BCUT2D eigenvalue weighted by atomic mass is 10.1. The van der Waals surface area contributed by atoms with Gasteiger partial charge in [0.15, 0.2) is 5.43 Å². The number of hydrogen-bond acceptors (Lipinski definition) is 6. The van der Waals surface area contributed by atoms with Gasteiger partial charge in [-0.2, -0.15) is 0 Å². The smallest absolute Gasteiger partial charge is 0.198 e. The molecule has 1 aromatic carbocycles. The van der Waals surface area contributed by atoms with Crippen LogP contribution in [0.3, 0.4) is 0 Å². The molecule has 3 heterocycles. The van der Waals surface area contributed by atoms with Gasteiger partial charge in [0.2, 0.25) is 0 Å². The fraction of sp³-hybridized carbons (Fsp3) is 0.458. The molecule has 5 rings (SSSR count). The number of aldehydes is 1. The number of nitrogens with zero attached hydrogens (tertiary/aromatic N) is 3. The average Bonchev–Trinajstić information content (AvgIpc) is 3.56. The van der Waals surface area contributed by atoms with Gasteiger partial charge >= 0.3 is 0 Å². The third-order valence-electron chi connectivity index (χ3n) is 6.35. The Kier molecular flexibility index (Phi) is 5.48. The molecule has 2 aromatic heterocycles. The maximum absolute atomic E-state index is 13.3. The number of rotatable bonds is 8. The van der Waals surface area contributed by atoms with Crippen molar-refractivity contribution in [2.75, 3.05) is 37.5 Å². The summed E-state index contributed by atoms with van der Waals surface area (Å²) in [7, 11) is 0. The van der Waals surface area contributed by atoms with Crippen molar-refractivity contribution in [3.05, 3.63) is 40.1 Å². The fourth-order valence-corrected chi connectivity index (χ4v) is 5.26. The van der Waals surface area contributed by atoms with E-state index >= 15 is 0 Å². The molecule has 0 spiro atoms. The first-order valence-corrected chi connectivity index (χ1v) is 12.1. The molecule has 1 saturated carbocycles. The zero-order valence-corrected chi connectivity index (χ0v) is 18.8. The van der Waals surface area contributed by atoms with Crippen LogP contribution < -0.4 is 10.3 Å². The van der Waals surface area contributed by atoms with E-state index in [0.29, 0.717) is 22.3 Å². The second-order valence-corrected chi connectivity index (χ2v) is 9.53. The minimum absolute atomic E-state index is 0.0253. The van der Waals surface area contributed by atoms with Crippen LogP contribution in [0.25, 0.3) is 21.9 Å². The largest absolute Gasteiger partial charge is 0.381 e. The summed E-state index contributed by atoms with van der Waals surface area (Å²) in [6, 6.07) is 7.70. The molecule has 2 fully saturated rings. The van der Waals surface area contributed by atoms with Crippen LogP contribution in [-0.4, -0.2) is 48.4 Å². The van der Waals surface area contributed by atoms with Gasteiger partial charge in [-0.15, -0.1) is 11.8 Å². The molecule has 31 heavy (non-hydrogen) atoms. The van der Waals surface area contributed by atoms with Crippen molar-refractivity contribution in [1.82, 2.24) is 9.55 Å². The van der Waals surface area contributed by atoms with Crippen LogP contribution in [0.5, 0.6) is 0 Å². The molecule has 1 aliphatic heterocycles. The Morgan fingerprint density at radius 3 is 2.55 bits per heavy atom. The quantitative estimate of drug-likeness (QED) is 0.305. The summed E-state index contributed by atoms with van der Waals surface area (Å²) in [6.45, 7) is 5.69. The zero-order chi connectivity index (χ0) is 21.5. The van der Waals surface area contributed by atoms with Crippen molar-refractivity contribution < 1.29 is 9.53 Å². The Morgan fingerprint density at radius 1 is 1.16 bits per heavy atom. The second-order valence-electron chi connectivity index (χ2n) is 8.71. The number of aryl methyl sites for hydroxylation is 1. The summed E-state index contributed by atoms with van der Waals surface area (Å²) < 4.78 is 7.30. The third-order valence-corrected chi connectivity index (χ3v) is 7.27. The molecule has 0 bridgehead atoms. The van der Waals surface area contributed by atoms with Crippen LogP contribution in [0.1, 0.15) is 18.4 Å². The lowest BCUT2D eigenvalue weighted by Gasteiger charge is -2.33. The van der Waals surface area contributed by atoms with Gasteiger partial charge in [0, 0.05) is 29.3 Å². The summed E-state index contributed by atoms with van der Waals surface area (Å²) in [5.41, 5.74) is 2.47. The van der Waals surface area contributed by atoms with Crippen molar-refractivity contribution in [3.63, 3.8) is 0 Å². The molecule has 7 heteroatoms. The van der Waals surface area contributed by atoms with Crippen molar-refractivity contribution in [2.45, 2.75) is 31.2 Å². The number of benzene rings is 1. The number of ether oxygens (including phenoxy) is 1. The number of hydrogen-bond donors (Lipinski definition) is 0. The maximum atomic E-state index is 13.3. The predicted molar refractivity (Wildman–Crippen MR) is 125 cm³/mol. The highest BCUT2D eigenvalue weighted by Crippen LogP contribution is 2.34. The molecule has 3 aromatic rings. The second kappa shape index (κ2) is 8.28. The van der Waals surface area contributed by atoms with Crippen molar-refractivity contribution >= 4 is 45.8 Å². The van der Waals surface area contributed by atoms with Gasteiger partial charge in [-0.3, -0.25) is 4.79 Å². The van der Waals surface area contributed by atoms with Crippen molar-refractivity contribution in [2.24, 2.45) is 11.8 Å². The van der Waals surface area contributed by atoms with E-state index in [1.165, 1.54) is 12.8 Å². The Labute approximate surface area is 185 Å². The van der Waals surface area contributed by atoms with E-state index in [9.17, 15) is 9.59 Å². The highest BCUT2D eigenvalue weighted by Gasteiger charge is 2.29. The number of fused-ring (bicyclic) bond motifs is 2. The standard InChI is InChI=1S/C24H27N3O3S/c1-15-3-6-18-21(23(15)31-2)27(9-10-28)24-19(22(18)29)7-8-20(25-24)26(11-16-4-5-16)12-17-13-30-14-17/h3,6-8,10,16-17H,4-5,9,11-14H2,1-2H3. The first-order chi connectivity index (χ1) is 15.1. The fourth-order valence-electron chi connectivity index (χ4n) is 4.46. The minimum Gasteiger partial charge on any atom is -0.381 e. The van der Waals surface area contributed by atoms with Gasteiger partial charge in [-0.05, 0) is 55.7 Å². The maximum Gasteiger partial charge on any atom is 0.198 e. The van der Waals surface area contributed by atoms with Crippen LogP contribution in [0.2, 0.25) is 0 Å². The van der Waals surface area contributed by atoms with Crippen molar-refractivity contribution in [1.29, 1.82) is 0 Å². The Hall–Kier alpha value is -2.38. The summed E-state index contributed by atoms with van der Waals surface area (Å²) in [4.78, 5) is 33.3. The first-order valence-electron chi connectivity index (χ1n) is 10.9. The minimum atomic E-state index is -0.0253. The molecule has 0 atom stereocenters. The molecule has 1 saturated heterocycles. The van der Waals surface area contributed by atoms with E-state index in [-0.39, 0.29) is 12.0 Å². The van der Waals surface area contributed by atoms with E-state index in [1.807, 2.05) is 42.0 Å². The monoisotopic (exact) mass is 437 g/mol. The Morgan fingerprint density at radius 2 is 1.90 bits per heavy atom. The molecular formula is C24H27N3O3S. The van der Waals surface area contributed by atoms with Gasteiger partial charge in [0.05, 0.1) is 30.7 Å². The number of pyridine rings is 2. The zero-order valence-electron chi connectivity index (χ0n) is 18.0. The molecule has 162 valence electrons. The van der Waals surface area contributed by atoms with E-state index in [4.69, 9.17) is 9.72 Å². The molecule has 2 aliphatic rings. The summed E-state index contributed by atoms with van der Waals surface area (Å²) in [5, 5.41) is 1.20. The van der Waals surface area contributed by atoms with Gasteiger partial charge in [-0.1, -0.05) is 6.07 Å². The van der Waals surface area contributed by atoms with Crippen LogP contribution >= 0.6 is 11.8 Å². The SMILES string of the molecule is CSc1c(C)ccc2c(=O)c3ccc(N(CC4CC4)CC4COC4)nc3n(CC=O)c12. The number of aromatic nitrogens is 2. The van der Waals surface area contributed by atoms with Crippen LogP contribution in [0.4, 0.5) is 5.82 Å². The van der Waals surface area contributed by atoms with Crippen LogP contribution in [0.15, 0.2) is 34.0 Å². The topological polar surface area (TPSA) is 64.4 Å². The number of anilines is 1. The number of carbonyl (C=O) groups is 1. The predicted octanol–water partition coefficient (Wildman–Crippen LogP) is 3.64. The van der Waals surface area contributed by atoms with E-state index in [1.54, 1.807) is 11.8 Å². The third kappa shape index (κ3) is 3.74. The summed E-state index contributed by atoms with van der Waals surface area (Å²) in [5.74, 6) is 2.12. The summed E-state index contributed by atoms with van der Waals surface area (Å²) in [6.07, 6.45) is 5.42. The molecule has 0 radical (unpaired) electrons. The van der Waals surface area contributed by atoms with Crippen LogP contribution in [0, 0.1) is 18.8 Å². The molecule has 0 amide bonds. The molecular weight excluding hydrogens is 410 g/mol. The van der Waals surface area contributed by atoms with E-state index in [2.05, 4.69) is 4.90 Å². The Bertz CT molecular complexity index is 1210. The van der Waals surface area contributed by atoms with Gasteiger partial charge in [0.25, 0.3) is 0 Å². The Balaban J connectivity index is 1.72. The molecule has 0 unspecified atom stereocenters. The molecule has 1 aliphatic carbocycles. The van der Waals surface area contributed by atoms with Crippen LogP contribution in [-0.2, 0) is 16.1 Å². The normalized spacial score (nSPS) is 16.6. The van der Waals surface area contributed by atoms with Gasteiger partial charge in [0.1, 0.15) is 17.8 Å². The highest BCUT2D eigenvalue weighted by molar-refractivity contribution is 7.98. The average molecular weight is 438 g/mol. The molecule has 6 nitrogen and oxygen atoms in total. The van der Waals surface area contributed by atoms with E-state index in [0.717, 1.165) is 60.3 Å². The lowest BCUT2D eigenvalue weighted by Crippen LogP contribution is -2.40. The lowest BCUT2D eigenvalue weighted by molar-refractivity contribution is -0.108. The van der Waals surface area contributed by atoms with Crippen molar-refractivity contribution in [3.8, 4) is 0 Å². The summed E-state index contributed by atoms with van der Waals surface area (Å²) >= 11 is 1.60. The molecule has 0 N–H and O–H groups in total. The number of thioether (sulfide) groups is 1. The van der Waals surface area contributed by atoms with Gasteiger partial charge in [-0.25, -0.2) is 4.98 Å². The van der Waals surface area contributed by atoms with E-state index < -0.39 is 0 Å². The van der Waals surface area contributed by atoms with Gasteiger partial charge < -0.3 is 19.0 Å². The highest BCUT2D eigenvalue weighted by atomic mass is 32.2.